The van der Waals surface area contributed by atoms with E-state index in [1.807, 2.05) is 36.7 Å². The van der Waals surface area contributed by atoms with Crippen molar-refractivity contribution in [3.8, 4) is 0 Å². The summed E-state index contributed by atoms with van der Waals surface area (Å²) in [4.78, 5) is 6.37. The number of nitrogens with zero attached hydrogens (tertiary/aromatic N) is 2. The molecule has 0 aliphatic carbocycles. The van der Waals surface area contributed by atoms with E-state index in [2.05, 4.69) is 36.8 Å². The molecule has 0 radical (unpaired) electrons. The van der Waals surface area contributed by atoms with Gasteiger partial charge < -0.3 is 10.6 Å². The minimum Gasteiger partial charge on any atom is -0.399 e. The van der Waals surface area contributed by atoms with Crippen LogP contribution in [0.25, 0.3) is 0 Å². The molecule has 1 heterocycles. The Bertz CT molecular complexity index is 537. The summed E-state index contributed by atoms with van der Waals surface area (Å²) in [5.41, 5.74) is 10.2. The Morgan fingerprint density at radius 2 is 2.06 bits per heavy atom. The third-order valence-corrected chi connectivity index (χ3v) is 3.34. The van der Waals surface area contributed by atoms with E-state index in [1.165, 1.54) is 16.8 Å². The zero-order valence-electron chi connectivity index (χ0n) is 11.1. The van der Waals surface area contributed by atoms with Crippen molar-refractivity contribution in [3.63, 3.8) is 0 Å². The van der Waals surface area contributed by atoms with E-state index in [0.717, 1.165) is 5.69 Å². The van der Waals surface area contributed by atoms with Crippen LogP contribution >= 0.6 is 0 Å². The molecule has 1 aromatic heterocycles. The number of rotatable bonds is 3. The monoisotopic (exact) mass is 241 g/mol. The number of hydrogen-bond donors (Lipinski definition) is 1. The fraction of sp³-hybridized carbons (Fsp3) is 0.267. The molecule has 0 fully saturated rings. The standard InChI is InChI=1S/C15H19N3/c1-11-10-17-8-7-15(11)18(3)12(2)13-5-4-6-14(16)9-13/h4-10,12H,16H2,1-3H3. The van der Waals surface area contributed by atoms with Gasteiger partial charge in [-0.1, -0.05) is 12.1 Å². The molecule has 94 valence electrons. The molecule has 2 N–H and O–H groups in total. The summed E-state index contributed by atoms with van der Waals surface area (Å²) < 4.78 is 0. The predicted octanol–water partition coefficient (Wildman–Crippen LogP) is 3.17. The van der Waals surface area contributed by atoms with Crippen LogP contribution in [0.3, 0.4) is 0 Å². The number of pyridine rings is 1. The van der Waals surface area contributed by atoms with Gasteiger partial charge in [0.1, 0.15) is 0 Å². The third kappa shape index (κ3) is 2.45. The summed E-state index contributed by atoms with van der Waals surface area (Å²) in [5.74, 6) is 0. The van der Waals surface area contributed by atoms with Gasteiger partial charge in [0.2, 0.25) is 0 Å². The van der Waals surface area contributed by atoms with E-state index >= 15 is 0 Å². The number of anilines is 2. The second-order valence-corrected chi connectivity index (χ2v) is 4.62. The molecule has 3 heteroatoms. The number of hydrogen-bond acceptors (Lipinski definition) is 3. The second kappa shape index (κ2) is 5.08. The quantitative estimate of drug-likeness (QED) is 0.839. The first-order valence-electron chi connectivity index (χ1n) is 6.08. The number of aryl methyl sites for hydroxylation is 1. The van der Waals surface area contributed by atoms with Gasteiger partial charge in [0.25, 0.3) is 0 Å². The molecule has 1 atom stereocenters. The Balaban J connectivity index is 2.29. The summed E-state index contributed by atoms with van der Waals surface area (Å²) in [6.07, 6.45) is 3.71. The lowest BCUT2D eigenvalue weighted by atomic mass is 10.1. The molecule has 0 bridgehead atoms. The highest BCUT2D eigenvalue weighted by Gasteiger charge is 2.13. The fourth-order valence-electron chi connectivity index (χ4n) is 2.11. The first kappa shape index (κ1) is 12.4. The molecule has 0 spiro atoms. The van der Waals surface area contributed by atoms with E-state index < -0.39 is 0 Å². The number of benzene rings is 1. The molecule has 0 saturated carbocycles. The normalized spacial score (nSPS) is 12.2. The second-order valence-electron chi connectivity index (χ2n) is 4.62. The van der Waals surface area contributed by atoms with Crippen LogP contribution in [-0.4, -0.2) is 12.0 Å². The lowest BCUT2D eigenvalue weighted by Gasteiger charge is -2.28. The number of aromatic nitrogens is 1. The van der Waals surface area contributed by atoms with E-state index in [1.54, 1.807) is 0 Å². The first-order chi connectivity index (χ1) is 8.59. The van der Waals surface area contributed by atoms with Crippen LogP contribution in [0.1, 0.15) is 24.1 Å². The van der Waals surface area contributed by atoms with Gasteiger partial charge in [-0.2, -0.15) is 0 Å². The highest BCUT2D eigenvalue weighted by atomic mass is 15.1. The summed E-state index contributed by atoms with van der Waals surface area (Å²) in [5, 5.41) is 0. The van der Waals surface area contributed by atoms with E-state index in [4.69, 9.17) is 5.73 Å². The van der Waals surface area contributed by atoms with Crippen molar-refractivity contribution in [3.05, 3.63) is 53.9 Å². The van der Waals surface area contributed by atoms with Gasteiger partial charge in [-0.15, -0.1) is 0 Å². The fourth-order valence-corrected chi connectivity index (χ4v) is 2.11. The Kier molecular flexibility index (Phi) is 3.51. The maximum Gasteiger partial charge on any atom is 0.0511 e. The van der Waals surface area contributed by atoms with Gasteiger partial charge in [-0.25, -0.2) is 0 Å². The molecule has 1 unspecified atom stereocenters. The lowest BCUT2D eigenvalue weighted by Crippen LogP contribution is -2.22. The van der Waals surface area contributed by atoms with Crippen molar-refractivity contribution in [2.24, 2.45) is 0 Å². The van der Waals surface area contributed by atoms with Crippen LogP contribution in [-0.2, 0) is 0 Å². The Morgan fingerprint density at radius 1 is 1.28 bits per heavy atom. The van der Waals surface area contributed by atoms with Crippen LogP contribution in [0, 0.1) is 6.92 Å². The van der Waals surface area contributed by atoms with Crippen molar-refractivity contribution in [1.82, 2.24) is 4.98 Å². The zero-order chi connectivity index (χ0) is 13.1. The molecule has 0 saturated heterocycles. The van der Waals surface area contributed by atoms with Crippen molar-refractivity contribution >= 4 is 11.4 Å². The summed E-state index contributed by atoms with van der Waals surface area (Å²) in [6, 6.07) is 10.3. The maximum absolute atomic E-state index is 5.84. The molecular weight excluding hydrogens is 222 g/mol. The SMILES string of the molecule is Cc1cnccc1N(C)C(C)c1cccc(N)c1. The van der Waals surface area contributed by atoms with Crippen molar-refractivity contribution in [2.75, 3.05) is 17.7 Å². The van der Waals surface area contributed by atoms with E-state index in [0.29, 0.717) is 0 Å². The van der Waals surface area contributed by atoms with Gasteiger partial charge in [-0.05, 0) is 43.2 Å². The summed E-state index contributed by atoms with van der Waals surface area (Å²) in [6.45, 7) is 4.25. The highest BCUT2D eigenvalue weighted by Crippen LogP contribution is 2.27. The smallest absolute Gasteiger partial charge is 0.0511 e. The van der Waals surface area contributed by atoms with Crippen LogP contribution in [0.2, 0.25) is 0 Å². The van der Waals surface area contributed by atoms with Crippen LogP contribution in [0.4, 0.5) is 11.4 Å². The first-order valence-corrected chi connectivity index (χ1v) is 6.08. The molecule has 0 aliphatic rings. The summed E-state index contributed by atoms with van der Waals surface area (Å²) in [7, 11) is 2.09. The molecule has 0 aliphatic heterocycles. The van der Waals surface area contributed by atoms with Gasteiger partial charge in [0.05, 0.1) is 6.04 Å². The summed E-state index contributed by atoms with van der Waals surface area (Å²) >= 11 is 0. The Hall–Kier alpha value is -2.03. The van der Waals surface area contributed by atoms with E-state index in [9.17, 15) is 0 Å². The molecule has 18 heavy (non-hydrogen) atoms. The molecular formula is C15H19N3. The third-order valence-electron chi connectivity index (χ3n) is 3.34. The van der Waals surface area contributed by atoms with Crippen LogP contribution in [0.15, 0.2) is 42.7 Å². The maximum atomic E-state index is 5.84. The molecule has 3 nitrogen and oxygen atoms in total. The Labute approximate surface area is 108 Å². The zero-order valence-corrected chi connectivity index (χ0v) is 11.1. The van der Waals surface area contributed by atoms with Crippen molar-refractivity contribution < 1.29 is 0 Å². The largest absolute Gasteiger partial charge is 0.399 e. The number of nitrogens with two attached hydrogens (primary N) is 1. The van der Waals surface area contributed by atoms with Crippen molar-refractivity contribution in [1.29, 1.82) is 0 Å². The predicted molar refractivity (Wildman–Crippen MR) is 76.6 cm³/mol. The molecule has 2 rings (SSSR count). The highest BCUT2D eigenvalue weighted by molar-refractivity contribution is 5.53. The Morgan fingerprint density at radius 3 is 2.72 bits per heavy atom. The lowest BCUT2D eigenvalue weighted by molar-refractivity contribution is 0.737. The molecule has 2 aromatic rings. The topological polar surface area (TPSA) is 42.2 Å². The van der Waals surface area contributed by atoms with Crippen LogP contribution < -0.4 is 10.6 Å². The van der Waals surface area contributed by atoms with Gasteiger partial charge >= 0.3 is 0 Å². The van der Waals surface area contributed by atoms with Gasteiger partial charge in [0, 0.05) is 30.8 Å². The van der Waals surface area contributed by atoms with Gasteiger partial charge in [0.15, 0.2) is 0 Å². The minimum atomic E-state index is 0.273. The minimum absolute atomic E-state index is 0.273. The average molecular weight is 241 g/mol. The van der Waals surface area contributed by atoms with Crippen molar-refractivity contribution in [2.45, 2.75) is 19.9 Å². The average Bonchev–Trinajstić information content (AvgIpc) is 2.37. The molecule has 0 amide bonds. The van der Waals surface area contributed by atoms with E-state index in [-0.39, 0.29) is 6.04 Å². The van der Waals surface area contributed by atoms with Gasteiger partial charge in [-0.3, -0.25) is 4.98 Å². The van der Waals surface area contributed by atoms with Crippen LogP contribution in [0.5, 0.6) is 0 Å². The number of nitrogen functional groups attached to an aromatic ring is 1. The molecule has 1 aromatic carbocycles.